The van der Waals surface area contributed by atoms with Crippen LogP contribution in [-0.2, 0) is 34.1 Å². The SMILES string of the molecule is [2H]C([2H])([2H])n1c(-n2c3ccc(C(C)(C)C)cc3c3ccc(Oc4cc(N5CN(c6c(/C7=C/C=C\N/C=C\C=C/[B]7)cc(C(C)(C)C)cc6/C6=C/C=C\N/C=C\C=C/[B]6)c6ccccc65)cc(-c5c(C(C)(C)C)cc(C(C)(C)C)cc5C(C)(C)C)n4)cc32)nc2ccccc21. The molecule has 9 nitrogen and oxygen atoms in total. The standard InChI is InChI=1S/C80H86B2N8O/c1-76(2,3)52-33-36-67-58(43-52)57-35-34-56(50-71(57)90(67)75-86-65-29-17-18-30-68(65)87(75)16)91-72-49-55(48-66(85-72)73-61(79(10,11)12)46-54(78(7,8)9)47-62(73)80(13,14)15)88-51-89(70-32-20-19-31-69(70)88)74-59(63-27-25-41-83-39-23-21-37-81-63)44-53(77(4,5)6)45-60(74)64-28-26-42-84-40-24-22-38-82-64/h17-50,83-84H,51H2,1-16H3/b37-21-,38-22-,39-23-,40-24-,41-25-,42-26-,63-27-,64-28-/i16D3. The van der Waals surface area contributed by atoms with E-state index < -0.39 is 6.98 Å². The molecule has 458 valence electrons. The number of hydrogen-bond donors (Lipinski definition) is 2. The van der Waals surface area contributed by atoms with Gasteiger partial charge in [-0.15, -0.1) is 12.0 Å². The molecule has 11 heteroatoms. The highest BCUT2D eigenvalue weighted by Gasteiger charge is 2.36. The molecule has 6 heterocycles. The van der Waals surface area contributed by atoms with Gasteiger partial charge in [-0.1, -0.05) is 182 Å². The first-order valence-electron chi connectivity index (χ1n) is 33.3. The Morgan fingerprint density at radius 2 is 1.07 bits per heavy atom. The third-order valence-corrected chi connectivity index (χ3v) is 17.5. The van der Waals surface area contributed by atoms with Crippen molar-refractivity contribution in [1.82, 2.24) is 29.7 Å². The van der Waals surface area contributed by atoms with Crippen LogP contribution in [0.25, 0.3) is 61.0 Å². The fourth-order valence-electron chi connectivity index (χ4n) is 12.5. The number of rotatable bonds is 8. The van der Waals surface area contributed by atoms with Gasteiger partial charge in [0.05, 0.1) is 50.5 Å². The summed E-state index contributed by atoms with van der Waals surface area (Å²) in [6, 6.07) is 42.7. The normalized spacial score (nSPS) is 18.8. The lowest BCUT2D eigenvalue weighted by molar-refractivity contribution is 0.464. The summed E-state index contributed by atoms with van der Waals surface area (Å²) in [5.74, 6) is 5.44. The van der Waals surface area contributed by atoms with Gasteiger partial charge in [-0.2, -0.15) is 0 Å². The maximum absolute atomic E-state index is 8.96. The van der Waals surface area contributed by atoms with Crippen molar-refractivity contribution in [2.75, 3.05) is 16.5 Å². The van der Waals surface area contributed by atoms with Crippen molar-refractivity contribution in [3.05, 3.63) is 246 Å². The molecular weight excluding hydrogens is 1110 g/mol. The minimum atomic E-state index is -2.55. The molecule has 0 saturated carbocycles. The van der Waals surface area contributed by atoms with Gasteiger partial charge in [-0.05, 0) is 157 Å². The molecule has 12 rings (SSSR count). The number of anilines is 4. The quantitative estimate of drug-likeness (QED) is 0.147. The molecule has 91 heavy (non-hydrogen) atoms. The van der Waals surface area contributed by atoms with Gasteiger partial charge in [0.2, 0.25) is 11.8 Å². The Labute approximate surface area is 545 Å². The number of benzene rings is 6. The zero-order chi connectivity index (χ0) is 66.9. The fraction of sp³-hybridized carbons (Fsp3) is 0.275. The van der Waals surface area contributed by atoms with Crippen LogP contribution in [0.15, 0.2) is 207 Å². The predicted octanol–water partition coefficient (Wildman–Crippen LogP) is 19.6. The van der Waals surface area contributed by atoms with E-state index in [1.807, 2.05) is 77.9 Å². The van der Waals surface area contributed by atoms with Gasteiger partial charge < -0.3 is 29.7 Å². The number of ether oxygens (including phenoxy) is 1. The Balaban J connectivity index is 1.11. The van der Waals surface area contributed by atoms with E-state index >= 15 is 0 Å². The Morgan fingerprint density at radius 1 is 0.495 bits per heavy atom. The Morgan fingerprint density at radius 3 is 1.66 bits per heavy atom. The first-order valence-corrected chi connectivity index (χ1v) is 31.8. The van der Waals surface area contributed by atoms with E-state index in [1.54, 1.807) is 0 Å². The Kier molecular flexibility index (Phi) is 15.3. The monoisotopic (exact) mass is 1200 g/mol. The molecule has 3 aliphatic rings. The number of imidazole rings is 1. The number of pyridine rings is 1. The lowest BCUT2D eigenvalue weighted by Gasteiger charge is -2.34. The minimum Gasteiger partial charge on any atom is -0.439 e. The molecule has 0 saturated heterocycles. The molecular formula is C80H86B2N8O. The number of fused-ring (bicyclic) bond motifs is 5. The summed E-state index contributed by atoms with van der Waals surface area (Å²) >= 11 is 0. The highest BCUT2D eigenvalue weighted by atomic mass is 16.5. The van der Waals surface area contributed by atoms with Crippen molar-refractivity contribution in [1.29, 1.82) is 0 Å². The maximum Gasteiger partial charge on any atom is 0.221 e. The molecule has 2 N–H and O–H groups in total. The number of hydrogen-bond acceptors (Lipinski definition) is 7. The molecule has 6 aromatic carbocycles. The first kappa shape index (κ1) is 58.2. The third-order valence-electron chi connectivity index (χ3n) is 17.5. The second-order valence-electron chi connectivity index (χ2n) is 29.4. The van der Waals surface area contributed by atoms with Crippen LogP contribution in [0.2, 0.25) is 0 Å². The number of aryl methyl sites for hydroxylation is 1. The zero-order valence-corrected chi connectivity index (χ0v) is 55.6. The van der Waals surface area contributed by atoms with Gasteiger partial charge in [0.15, 0.2) is 14.6 Å². The third kappa shape index (κ3) is 12.4. The number of nitrogens with zero attached hydrogens (tertiary/aromatic N) is 6. The van der Waals surface area contributed by atoms with Crippen LogP contribution in [-0.4, -0.2) is 40.3 Å². The molecule has 0 aliphatic carbocycles. The van der Waals surface area contributed by atoms with Gasteiger partial charge in [-0.3, -0.25) is 4.57 Å². The fourth-order valence-corrected chi connectivity index (χ4v) is 12.5. The molecule has 2 radical (unpaired) electrons. The van der Waals surface area contributed by atoms with Crippen molar-refractivity contribution in [3.63, 3.8) is 0 Å². The molecule has 0 bridgehead atoms. The van der Waals surface area contributed by atoms with Gasteiger partial charge >= 0.3 is 0 Å². The predicted molar refractivity (Wildman–Crippen MR) is 389 cm³/mol. The minimum absolute atomic E-state index is 0.137. The van der Waals surface area contributed by atoms with Crippen LogP contribution >= 0.6 is 0 Å². The van der Waals surface area contributed by atoms with E-state index in [0.717, 1.165) is 83.4 Å². The van der Waals surface area contributed by atoms with E-state index in [-0.39, 0.29) is 33.0 Å². The maximum atomic E-state index is 8.96. The summed E-state index contributed by atoms with van der Waals surface area (Å²) in [6.45, 7) is 32.0. The van der Waals surface area contributed by atoms with E-state index in [9.17, 15) is 0 Å². The molecule has 3 aliphatic heterocycles. The lowest BCUT2D eigenvalue weighted by atomic mass is 9.62. The number of para-hydroxylation sites is 4. The van der Waals surface area contributed by atoms with Crippen molar-refractivity contribution < 1.29 is 8.85 Å². The van der Waals surface area contributed by atoms with Crippen LogP contribution in [0, 0.1) is 0 Å². The molecule has 0 amide bonds. The van der Waals surface area contributed by atoms with E-state index in [0.29, 0.717) is 29.3 Å². The summed E-state index contributed by atoms with van der Waals surface area (Å²) < 4.78 is 37.6. The van der Waals surface area contributed by atoms with Crippen LogP contribution < -0.4 is 25.2 Å². The second kappa shape index (κ2) is 23.9. The summed E-state index contributed by atoms with van der Waals surface area (Å²) in [4.78, 5) is 15.7. The Hall–Kier alpha value is -9.21. The van der Waals surface area contributed by atoms with Gasteiger partial charge in [0, 0.05) is 64.4 Å². The molecule has 0 spiro atoms. The summed E-state index contributed by atoms with van der Waals surface area (Å²) in [7, 11) is 4.42. The van der Waals surface area contributed by atoms with Crippen LogP contribution in [0.4, 0.5) is 22.7 Å². The van der Waals surface area contributed by atoms with Crippen LogP contribution in [0.5, 0.6) is 11.6 Å². The molecule has 0 atom stereocenters. The van der Waals surface area contributed by atoms with Gasteiger partial charge in [0.1, 0.15) is 12.4 Å². The van der Waals surface area contributed by atoms with Crippen molar-refractivity contribution >= 4 is 81.1 Å². The topological polar surface area (TPSA) is 75.4 Å². The van der Waals surface area contributed by atoms with Crippen molar-refractivity contribution in [3.8, 4) is 28.8 Å². The van der Waals surface area contributed by atoms with E-state index in [4.69, 9.17) is 18.8 Å². The van der Waals surface area contributed by atoms with Gasteiger partial charge in [-0.25, -0.2) is 9.97 Å². The highest BCUT2D eigenvalue weighted by molar-refractivity contribution is 6.67. The second-order valence-corrected chi connectivity index (χ2v) is 29.4. The summed E-state index contributed by atoms with van der Waals surface area (Å²) in [6.07, 6.45) is 24.4. The van der Waals surface area contributed by atoms with E-state index in [2.05, 4.69) is 272 Å². The Bertz CT molecular complexity index is 4600. The average molecular weight is 1200 g/mol. The summed E-state index contributed by atoms with van der Waals surface area (Å²) in [5, 5.41) is 8.51. The number of nitrogens with one attached hydrogen (secondary N) is 2. The summed E-state index contributed by atoms with van der Waals surface area (Å²) in [5.41, 5.74) is 17.7. The largest absolute Gasteiger partial charge is 0.439 e. The number of aromatic nitrogens is 4. The van der Waals surface area contributed by atoms with Crippen molar-refractivity contribution in [2.45, 2.75) is 131 Å². The lowest BCUT2D eigenvalue weighted by Crippen LogP contribution is -2.27. The van der Waals surface area contributed by atoms with Crippen LogP contribution in [0.3, 0.4) is 0 Å². The molecule has 3 aromatic heterocycles. The van der Waals surface area contributed by atoms with Crippen LogP contribution in [0.1, 0.15) is 147 Å². The first-order chi connectivity index (χ1) is 44.4. The van der Waals surface area contributed by atoms with Crippen molar-refractivity contribution in [2.24, 2.45) is 6.98 Å². The average Bonchev–Trinajstić information content (AvgIpc) is 1.50. The van der Waals surface area contributed by atoms with E-state index in [1.165, 1.54) is 26.8 Å². The van der Waals surface area contributed by atoms with Gasteiger partial charge in [0.25, 0.3) is 0 Å². The number of allylic oxidation sites excluding steroid dienone is 8. The smallest absolute Gasteiger partial charge is 0.221 e. The molecule has 9 aromatic rings. The highest BCUT2D eigenvalue weighted by Crippen LogP contribution is 2.52. The molecule has 0 fully saturated rings. The molecule has 0 unspecified atom stereocenters. The zero-order valence-electron chi connectivity index (χ0n) is 58.6.